The molecule has 4 rings (SSSR count). The highest BCUT2D eigenvalue weighted by atomic mass is 16.5. The lowest BCUT2D eigenvalue weighted by molar-refractivity contribution is -0.148. The summed E-state index contributed by atoms with van der Waals surface area (Å²) in [6.07, 6.45) is -1.06. The standard InChI is InChI=1S/C29H30N2O6/c1-20(15-28(33)35-17-21-9-3-2-4-10-21)37-19-31-27(32)16-30-29(34)36-18-26-24-13-7-5-11-22(24)23-12-6-8-14-25(23)26/h2-14,20,26H,15-19H2,1H3,(H,30,34)(H,31,32)/t20-/m0/s1. The monoisotopic (exact) mass is 502 g/mol. The predicted octanol–water partition coefficient (Wildman–Crippen LogP) is 4.14. The molecule has 0 fully saturated rings. The average molecular weight is 503 g/mol. The molecule has 37 heavy (non-hydrogen) atoms. The fourth-order valence-electron chi connectivity index (χ4n) is 4.22. The summed E-state index contributed by atoms with van der Waals surface area (Å²) in [6.45, 7) is 1.73. The lowest BCUT2D eigenvalue weighted by Crippen LogP contribution is -2.39. The molecule has 0 saturated heterocycles. The van der Waals surface area contributed by atoms with E-state index in [4.69, 9.17) is 14.2 Å². The molecular weight excluding hydrogens is 472 g/mol. The van der Waals surface area contributed by atoms with Crippen molar-refractivity contribution in [1.29, 1.82) is 0 Å². The minimum absolute atomic E-state index is 0.0544. The number of rotatable bonds is 11. The van der Waals surface area contributed by atoms with Crippen molar-refractivity contribution in [2.24, 2.45) is 0 Å². The Labute approximate surface area is 215 Å². The van der Waals surface area contributed by atoms with E-state index in [9.17, 15) is 14.4 Å². The van der Waals surface area contributed by atoms with Crippen LogP contribution in [0, 0.1) is 0 Å². The molecule has 0 spiro atoms. The molecule has 0 aromatic heterocycles. The Hall–Kier alpha value is -4.17. The molecular formula is C29H30N2O6. The third-order valence-electron chi connectivity index (χ3n) is 6.07. The van der Waals surface area contributed by atoms with E-state index in [0.717, 1.165) is 27.8 Å². The van der Waals surface area contributed by atoms with Crippen molar-refractivity contribution in [3.05, 3.63) is 95.6 Å². The number of hydrogen-bond acceptors (Lipinski definition) is 6. The molecule has 3 aromatic carbocycles. The Balaban J connectivity index is 1.11. The van der Waals surface area contributed by atoms with Gasteiger partial charge >= 0.3 is 12.1 Å². The van der Waals surface area contributed by atoms with Gasteiger partial charge in [-0.2, -0.15) is 0 Å². The zero-order valence-electron chi connectivity index (χ0n) is 20.6. The van der Waals surface area contributed by atoms with Gasteiger partial charge in [0.25, 0.3) is 0 Å². The number of benzene rings is 3. The van der Waals surface area contributed by atoms with Gasteiger partial charge in [-0.15, -0.1) is 0 Å². The Morgan fingerprint density at radius 1 is 0.811 bits per heavy atom. The lowest BCUT2D eigenvalue weighted by Gasteiger charge is -2.15. The van der Waals surface area contributed by atoms with E-state index in [0.29, 0.717) is 0 Å². The fraction of sp³-hybridized carbons (Fsp3) is 0.276. The van der Waals surface area contributed by atoms with Crippen molar-refractivity contribution in [2.75, 3.05) is 19.9 Å². The van der Waals surface area contributed by atoms with Crippen LogP contribution in [0.1, 0.15) is 36.0 Å². The van der Waals surface area contributed by atoms with Gasteiger partial charge in [-0.05, 0) is 34.7 Å². The molecule has 2 amide bonds. The molecule has 0 radical (unpaired) electrons. The van der Waals surface area contributed by atoms with E-state index in [1.807, 2.05) is 66.7 Å². The highest BCUT2D eigenvalue weighted by molar-refractivity contribution is 5.82. The van der Waals surface area contributed by atoms with Crippen LogP contribution in [-0.4, -0.2) is 44.0 Å². The molecule has 1 atom stereocenters. The van der Waals surface area contributed by atoms with E-state index in [-0.39, 0.29) is 44.8 Å². The van der Waals surface area contributed by atoms with Gasteiger partial charge < -0.3 is 24.8 Å². The van der Waals surface area contributed by atoms with Crippen LogP contribution in [0.3, 0.4) is 0 Å². The third-order valence-corrected chi connectivity index (χ3v) is 6.07. The summed E-state index contributed by atoms with van der Waals surface area (Å²) in [6, 6.07) is 25.5. The Bertz CT molecular complexity index is 1180. The summed E-state index contributed by atoms with van der Waals surface area (Å²) < 4.78 is 16.1. The van der Waals surface area contributed by atoms with Crippen molar-refractivity contribution in [3.8, 4) is 11.1 Å². The van der Waals surface area contributed by atoms with Crippen molar-refractivity contribution >= 4 is 18.0 Å². The van der Waals surface area contributed by atoms with E-state index < -0.39 is 18.1 Å². The van der Waals surface area contributed by atoms with Crippen molar-refractivity contribution in [2.45, 2.75) is 32.0 Å². The van der Waals surface area contributed by atoms with Gasteiger partial charge in [0, 0.05) is 5.92 Å². The second kappa shape index (κ2) is 12.7. The molecule has 1 aliphatic rings. The fourth-order valence-corrected chi connectivity index (χ4v) is 4.22. The first-order valence-electron chi connectivity index (χ1n) is 12.2. The van der Waals surface area contributed by atoms with Crippen LogP contribution < -0.4 is 10.6 Å². The summed E-state index contributed by atoms with van der Waals surface area (Å²) in [5.74, 6) is -0.881. The second-order valence-corrected chi connectivity index (χ2v) is 8.75. The molecule has 3 aromatic rings. The van der Waals surface area contributed by atoms with Gasteiger partial charge in [0.15, 0.2) is 0 Å². The highest BCUT2D eigenvalue weighted by Crippen LogP contribution is 2.44. The molecule has 0 saturated carbocycles. The van der Waals surface area contributed by atoms with Crippen LogP contribution in [0.5, 0.6) is 0 Å². The Morgan fingerprint density at radius 3 is 2.11 bits per heavy atom. The van der Waals surface area contributed by atoms with Gasteiger partial charge in [0.2, 0.25) is 5.91 Å². The molecule has 0 bridgehead atoms. The topological polar surface area (TPSA) is 103 Å². The second-order valence-electron chi connectivity index (χ2n) is 8.75. The summed E-state index contributed by atoms with van der Waals surface area (Å²) in [5, 5.41) is 4.99. The normalized spacial score (nSPS) is 12.7. The quantitative estimate of drug-likeness (QED) is 0.302. The molecule has 1 aliphatic carbocycles. The summed E-state index contributed by atoms with van der Waals surface area (Å²) >= 11 is 0. The number of ether oxygens (including phenoxy) is 3. The van der Waals surface area contributed by atoms with Crippen LogP contribution in [-0.2, 0) is 30.4 Å². The average Bonchev–Trinajstić information content (AvgIpc) is 3.24. The minimum atomic E-state index is -0.674. The van der Waals surface area contributed by atoms with Gasteiger partial charge in [0.05, 0.1) is 12.5 Å². The number of amides is 2. The summed E-state index contributed by atoms with van der Waals surface area (Å²) in [7, 11) is 0. The van der Waals surface area contributed by atoms with Crippen molar-refractivity contribution < 1.29 is 28.6 Å². The van der Waals surface area contributed by atoms with Gasteiger partial charge in [-0.1, -0.05) is 78.9 Å². The van der Waals surface area contributed by atoms with Crippen LogP contribution in [0.2, 0.25) is 0 Å². The predicted molar refractivity (Wildman–Crippen MR) is 137 cm³/mol. The van der Waals surface area contributed by atoms with E-state index in [1.54, 1.807) is 6.92 Å². The molecule has 0 aliphatic heterocycles. The largest absolute Gasteiger partial charge is 0.461 e. The number of nitrogens with one attached hydrogen (secondary N) is 2. The van der Waals surface area contributed by atoms with Crippen LogP contribution in [0.4, 0.5) is 4.79 Å². The maximum Gasteiger partial charge on any atom is 0.407 e. The molecule has 0 unspecified atom stereocenters. The SMILES string of the molecule is C[C@@H](CC(=O)OCc1ccccc1)OCNC(=O)CNC(=O)OCC1c2ccccc2-c2ccccc21. The molecule has 192 valence electrons. The lowest BCUT2D eigenvalue weighted by atomic mass is 9.98. The third kappa shape index (κ3) is 7.17. The molecule has 8 heteroatoms. The number of fused-ring (bicyclic) bond motifs is 3. The van der Waals surface area contributed by atoms with E-state index in [1.165, 1.54) is 0 Å². The number of esters is 1. The minimum Gasteiger partial charge on any atom is -0.461 e. The Morgan fingerprint density at radius 2 is 1.43 bits per heavy atom. The summed E-state index contributed by atoms with van der Waals surface area (Å²) in [4.78, 5) is 36.2. The van der Waals surface area contributed by atoms with Crippen LogP contribution in [0.25, 0.3) is 11.1 Å². The first kappa shape index (κ1) is 25.9. The smallest absolute Gasteiger partial charge is 0.407 e. The number of alkyl carbamates (subject to hydrolysis) is 1. The highest BCUT2D eigenvalue weighted by Gasteiger charge is 2.29. The molecule has 2 N–H and O–H groups in total. The zero-order valence-corrected chi connectivity index (χ0v) is 20.6. The summed E-state index contributed by atoms with van der Waals surface area (Å²) in [5.41, 5.74) is 5.42. The van der Waals surface area contributed by atoms with Gasteiger partial charge in [-0.3, -0.25) is 9.59 Å². The van der Waals surface area contributed by atoms with Crippen LogP contribution >= 0.6 is 0 Å². The first-order valence-corrected chi connectivity index (χ1v) is 12.2. The van der Waals surface area contributed by atoms with E-state index >= 15 is 0 Å². The Kier molecular flexibility index (Phi) is 8.89. The first-order chi connectivity index (χ1) is 18.0. The van der Waals surface area contributed by atoms with Gasteiger partial charge in [-0.25, -0.2) is 4.79 Å². The number of carbonyl (C=O) groups is 3. The van der Waals surface area contributed by atoms with Crippen molar-refractivity contribution in [1.82, 2.24) is 10.6 Å². The van der Waals surface area contributed by atoms with E-state index in [2.05, 4.69) is 22.8 Å². The maximum atomic E-state index is 12.2. The van der Waals surface area contributed by atoms with Crippen LogP contribution in [0.15, 0.2) is 78.9 Å². The van der Waals surface area contributed by atoms with Gasteiger partial charge in [0.1, 0.15) is 26.5 Å². The zero-order chi connectivity index (χ0) is 26.0. The number of carbonyl (C=O) groups excluding carboxylic acids is 3. The molecule has 0 heterocycles. The maximum absolute atomic E-state index is 12.2. The van der Waals surface area contributed by atoms with Crippen molar-refractivity contribution in [3.63, 3.8) is 0 Å². The molecule has 8 nitrogen and oxygen atoms in total. The number of hydrogen-bond donors (Lipinski definition) is 2.